The number of rotatable bonds is 5. The second kappa shape index (κ2) is 6.69. The van der Waals surface area contributed by atoms with E-state index in [1.54, 1.807) is 38.2 Å². The van der Waals surface area contributed by atoms with Gasteiger partial charge in [-0.05, 0) is 29.8 Å². The third-order valence-corrected chi connectivity index (χ3v) is 3.07. The Morgan fingerprint density at radius 2 is 1.90 bits per heavy atom. The Labute approximate surface area is 123 Å². The number of benzene rings is 1. The molecule has 1 heterocycles. The summed E-state index contributed by atoms with van der Waals surface area (Å²) in [5, 5.41) is 10.7. The van der Waals surface area contributed by atoms with Crippen molar-refractivity contribution >= 4 is 11.7 Å². The average Bonchev–Trinajstić information content (AvgIpc) is 2.55. The lowest BCUT2D eigenvalue weighted by molar-refractivity contribution is 0.0778. The van der Waals surface area contributed by atoms with Crippen molar-refractivity contribution in [2.75, 3.05) is 26.5 Å². The summed E-state index contributed by atoms with van der Waals surface area (Å²) in [6.45, 7) is 0.498. The van der Waals surface area contributed by atoms with E-state index >= 15 is 0 Å². The van der Waals surface area contributed by atoms with Crippen molar-refractivity contribution in [2.45, 2.75) is 6.54 Å². The van der Waals surface area contributed by atoms with Crippen molar-refractivity contribution in [1.29, 1.82) is 0 Å². The van der Waals surface area contributed by atoms with E-state index < -0.39 is 0 Å². The van der Waals surface area contributed by atoms with Gasteiger partial charge in [0.15, 0.2) is 5.69 Å². The van der Waals surface area contributed by atoms with E-state index in [0.717, 1.165) is 11.3 Å². The highest BCUT2D eigenvalue weighted by molar-refractivity contribution is 5.92. The van der Waals surface area contributed by atoms with E-state index in [1.807, 2.05) is 24.3 Å². The van der Waals surface area contributed by atoms with Gasteiger partial charge in [0.2, 0.25) is 0 Å². The molecule has 2 aromatic rings. The molecule has 0 aliphatic heterocycles. The van der Waals surface area contributed by atoms with Crippen LogP contribution in [0.25, 0.3) is 0 Å². The average molecular weight is 286 g/mol. The highest BCUT2D eigenvalue weighted by Gasteiger charge is 2.14. The van der Waals surface area contributed by atoms with E-state index in [0.29, 0.717) is 18.1 Å². The number of nitrogens with one attached hydrogen (secondary N) is 1. The first kappa shape index (κ1) is 14.8. The fourth-order valence-corrected chi connectivity index (χ4v) is 1.85. The first-order valence-corrected chi connectivity index (χ1v) is 6.54. The summed E-state index contributed by atoms with van der Waals surface area (Å²) in [7, 11) is 5.11. The second-order valence-electron chi connectivity index (χ2n) is 4.56. The maximum Gasteiger partial charge on any atom is 0.274 e. The van der Waals surface area contributed by atoms with Crippen molar-refractivity contribution in [3.63, 3.8) is 0 Å². The molecule has 1 aromatic heterocycles. The van der Waals surface area contributed by atoms with Crippen molar-refractivity contribution in [1.82, 2.24) is 15.1 Å². The molecule has 110 valence electrons. The van der Waals surface area contributed by atoms with Crippen LogP contribution in [-0.4, -0.2) is 42.2 Å². The third kappa shape index (κ3) is 3.68. The zero-order valence-electron chi connectivity index (χ0n) is 12.3. The van der Waals surface area contributed by atoms with Gasteiger partial charge in [0.1, 0.15) is 11.6 Å². The van der Waals surface area contributed by atoms with Gasteiger partial charge in [-0.2, -0.15) is 0 Å². The molecule has 0 aliphatic rings. The molecule has 0 spiro atoms. The quantitative estimate of drug-likeness (QED) is 0.907. The van der Waals surface area contributed by atoms with Crippen LogP contribution in [0.2, 0.25) is 0 Å². The summed E-state index contributed by atoms with van der Waals surface area (Å²) < 4.78 is 5.11. The van der Waals surface area contributed by atoms with Gasteiger partial charge < -0.3 is 15.0 Å². The summed E-state index contributed by atoms with van der Waals surface area (Å²) in [6.07, 6.45) is 0. The Morgan fingerprint density at radius 1 is 1.19 bits per heavy atom. The number of nitrogens with zero attached hydrogens (tertiary/aromatic N) is 3. The van der Waals surface area contributed by atoms with Gasteiger partial charge in [0, 0.05) is 20.6 Å². The smallest absolute Gasteiger partial charge is 0.274 e. The first-order valence-electron chi connectivity index (χ1n) is 6.54. The Bertz CT molecular complexity index is 596. The fraction of sp³-hybridized carbons (Fsp3) is 0.267. The first-order chi connectivity index (χ1) is 10.1. The molecule has 6 nitrogen and oxygen atoms in total. The van der Waals surface area contributed by atoms with Crippen LogP contribution in [0.5, 0.6) is 5.75 Å². The molecule has 6 heteroatoms. The van der Waals surface area contributed by atoms with Gasteiger partial charge in [-0.3, -0.25) is 4.79 Å². The lowest BCUT2D eigenvalue weighted by atomic mass is 10.2. The van der Waals surface area contributed by atoms with Crippen molar-refractivity contribution < 1.29 is 9.53 Å². The Hall–Kier alpha value is -2.63. The van der Waals surface area contributed by atoms with Crippen molar-refractivity contribution in [3.05, 3.63) is 47.7 Å². The molecule has 0 saturated heterocycles. The number of hydrogen-bond acceptors (Lipinski definition) is 5. The summed E-state index contributed by atoms with van der Waals surface area (Å²) in [6, 6.07) is 11.0. The van der Waals surface area contributed by atoms with Crippen LogP contribution in [0.1, 0.15) is 16.1 Å². The Kier molecular flexibility index (Phi) is 4.71. The van der Waals surface area contributed by atoms with Gasteiger partial charge in [0.25, 0.3) is 5.91 Å². The predicted molar refractivity (Wildman–Crippen MR) is 80.4 cm³/mol. The minimum Gasteiger partial charge on any atom is -0.497 e. The molecule has 0 unspecified atom stereocenters. The molecule has 1 aromatic carbocycles. The molecule has 1 amide bonds. The minimum absolute atomic E-state index is 0.166. The summed E-state index contributed by atoms with van der Waals surface area (Å²) in [5.74, 6) is 1.26. The van der Waals surface area contributed by atoms with E-state index in [4.69, 9.17) is 4.74 Å². The molecule has 21 heavy (non-hydrogen) atoms. The highest BCUT2D eigenvalue weighted by atomic mass is 16.5. The Balaban J connectivity index is 2.03. The van der Waals surface area contributed by atoms with E-state index in [2.05, 4.69) is 15.5 Å². The zero-order chi connectivity index (χ0) is 15.2. The number of anilines is 1. The highest BCUT2D eigenvalue weighted by Crippen LogP contribution is 2.13. The lowest BCUT2D eigenvalue weighted by Gasteiger charge is -2.16. The Morgan fingerprint density at radius 3 is 2.43 bits per heavy atom. The maximum absolute atomic E-state index is 12.3. The predicted octanol–water partition coefficient (Wildman–Crippen LogP) is 1.80. The van der Waals surface area contributed by atoms with Gasteiger partial charge >= 0.3 is 0 Å². The molecular weight excluding hydrogens is 268 g/mol. The molecule has 0 radical (unpaired) electrons. The molecule has 0 aliphatic carbocycles. The van der Waals surface area contributed by atoms with E-state index in [9.17, 15) is 4.79 Å². The van der Waals surface area contributed by atoms with Crippen LogP contribution in [0, 0.1) is 0 Å². The third-order valence-electron chi connectivity index (χ3n) is 3.07. The van der Waals surface area contributed by atoms with Crippen LogP contribution < -0.4 is 10.1 Å². The monoisotopic (exact) mass is 286 g/mol. The van der Waals surface area contributed by atoms with E-state index in [-0.39, 0.29) is 5.91 Å². The number of ether oxygens (including phenoxy) is 1. The number of carbonyl (C=O) groups is 1. The van der Waals surface area contributed by atoms with Crippen LogP contribution in [0.3, 0.4) is 0 Å². The molecule has 2 rings (SSSR count). The molecule has 0 fully saturated rings. The van der Waals surface area contributed by atoms with Gasteiger partial charge in [-0.1, -0.05) is 12.1 Å². The second-order valence-corrected chi connectivity index (χ2v) is 4.56. The number of methoxy groups -OCH3 is 1. The number of amides is 1. The van der Waals surface area contributed by atoms with Crippen molar-refractivity contribution in [3.8, 4) is 5.75 Å². The van der Waals surface area contributed by atoms with Gasteiger partial charge in [-0.15, -0.1) is 10.2 Å². The molecule has 0 atom stereocenters. The molecule has 1 N–H and O–H groups in total. The fourth-order valence-electron chi connectivity index (χ4n) is 1.85. The molecule has 0 saturated carbocycles. The standard InChI is InChI=1S/C15H18N4O2/c1-16-14-9-8-13(17-18-14)15(20)19(2)10-11-4-6-12(21-3)7-5-11/h4-9H,10H2,1-3H3,(H,16,18). The van der Waals surface area contributed by atoms with Gasteiger partial charge in [-0.25, -0.2) is 0 Å². The van der Waals surface area contributed by atoms with E-state index in [1.165, 1.54) is 0 Å². The van der Waals surface area contributed by atoms with Crippen LogP contribution >= 0.6 is 0 Å². The summed E-state index contributed by atoms with van der Waals surface area (Å²) in [5.41, 5.74) is 1.34. The normalized spacial score (nSPS) is 10.0. The van der Waals surface area contributed by atoms with Crippen LogP contribution in [0.4, 0.5) is 5.82 Å². The van der Waals surface area contributed by atoms with Crippen molar-refractivity contribution in [2.24, 2.45) is 0 Å². The lowest BCUT2D eigenvalue weighted by Crippen LogP contribution is -2.27. The maximum atomic E-state index is 12.3. The SMILES string of the molecule is CNc1ccc(C(=O)N(C)Cc2ccc(OC)cc2)nn1. The minimum atomic E-state index is -0.166. The van der Waals surface area contributed by atoms with Crippen LogP contribution in [-0.2, 0) is 6.54 Å². The largest absolute Gasteiger partial charge is 0.497 e. The summed E-state index contributed by atoms with van der Waals surface area (Å²) >= 11 is 0. The topological polar surface area (TPSA) is 67.4 Å². The summed E-state index contributed by atoms with van der Waals surface area (Å²) in [4.78, 5) is 13.9. The number of aromatic nitrogens is 2. The zero-order valence-corrected chi connectivity index (χ0v) is 12.3. The van der Waals surface area contributed by atoms with Crippen LogP contribution in [0.15, 0.2) is 36.4 Å². The number of hydrogen-bond donors (Lipinski definition) is 1. The van der Waals surface area contributed by atoms with Gasteiger partial charge in [0.05, 0.1) is 7.11 Å². The molecular formula is C15H18N4O2. The number of carbonyl (C=O) groups excluding carboxylic acids is 1. The molecule has 0 bridgehead atoms.